The molecule has 0 radical (unpaired) electrons. The average molecular weight is 209 g/mol. The Morgan fingerprint density at radius 2 is 2.00 bits per heavy atom. The van der Waals surface area contributed by atoms with Gasteiger partial charge >= 0.3 is 0 Å². The summed E-state index contributed by atoms with van der Waals surface area (Å²) in [6, 6.07) is -0.545. The van der Waals surface area contributed by atoms with E-state index < -0.39 is 42.7 Å². The van der Waals surface area contributed by atoms with Crippen LogP contribution in [0.15, 0.2) is 0 Å². The minimum atomic E-state index is -3.19. The Kier molecular flexibility index (Phi) is 2.08. The molecule has 4 N–H and O–H groups in total. The minimum Gasteiger partial charge on any atom is -0.394 e. The Labute approximate surface area is 79.5 Å². The molecule has 14 heavy (non-hydrogen) atoms. The number of fused-ring (bicyclic) bond motifs is 2. The van der Waals surface area contributed by atoms with Crippen molar-refractivity contribution in [3.8, 4) is 0 Å². The van der Waals surface area contributed by atoms with E-state index in [1.807, 2.05) is 0 Å². The molecule has 4 nitrogen and oxygen atoms in total. The Morgan fingerprint density at radius 3 is 2.50 bits per heavy atom. The van der Waals surface area contributed by atoms with Crippen LogP contribution in [0, 0.1) is 0 Å². The highest BCUT2D eigenvalue weighted by Crippen LogP contribution is 2.46. The second-order valence-corrected chi connectivity index (χ2v) is 4.06. The minimum absolute atomic E-state index is 0.104. The second-order valence-electron chi connectivity index (χ2n) is 4.06. The summed E-state index contributed by atoms with van der Waals surface area (Å²) in [5, 5.41) is 30.4. The first-order valence-electron chi connectivity index (χ1n) is 4.57. The standard InChI is InChI=1S/C8H13F2NO3/c9-8(10)2-1-4-5(13)6(14)7(8,3-12)11-4/h4-6,11-14H,1-3H2. The van der Waals surface area contributed by atoms with Gasteiger partial charge in [0.05, 0.1) is 12.7 Å². The lowest BCUT2D eigenvalue weighted by atomic mass is 9.85. The molecule has 2 aliphatic rings. The van der Waals surface area contributed by atoms with Crippen molar-refractivity contribution in [2.45, 2.75) is 42.6 Å². The van der Waals surface area contributed by atoms with Gasteiger partial charge in [-0.05, 0) is 6.42 Å². The molecule has 2 fully saturated rings. The maximum Gasteiger partial charge on any atom is 0.270 e. The number of aliphatic hydroxyl groups excluding tert-OH is 3. The van der Waals surface area contributed by atoms with Gasteiger partial charge in [0.15, 0.2) is 0 Å². The van der Waals surface area contributed by atoms with Crippen molar-refractivity contribution in [3.63, 3.8) is 0 Å². The fourth-order valence-corrected chi connectivity index (χ4v) is 2.39. The van der Waals surface area contributed by atoms with E-state index in [1.54, 1.807) is 0 Å². The zero-order valence-electron chi connectivity index (χ0n) is 7.45. The van der Waals surface area contributed by atoms with Crippen molar-refractivity contribution >= 4 is 0 Å². The molecule has 0 aromatic carbocycles. The van der Waals surface area contributed by atoms with Gasteiger partial charge < -0.3 is 15.3 Å². The molecule has 4 atom stereocenters. The van der Waals surface area contributed by atoms with Gasteiger partial charge in [-0.15, -0.1) is 0 Å². The zero-order valence-corrected chi connectivity index (χ0v) is 7.45. The summed E-state index contributed by atoms with van der Waals surface area (Å²) < 4.78 is 27.0. The van der Waals surface area contributed by atoms with Crippen molar-refractivity contribution < 1.29 is 24.1 Å². The molecular formula is C8H13F2NO3. The number of halogens is 2. The lowest BCUT2D eigenvalue weighted by Gasteiger charge is -2.41. The van der Waals surface area contributed by atoms with Crippen LogP contribution in [0.4, 0.5) is 8.78 Å². The molecule has 2 saturated heterocycles. The van der Waals surface area contributed by atoms with Gasteiger partial charge in [0.1, 0.15) is 11.6 Å². The van der Waals surface area contributed by atoms with E-state index in [0.717, 1.165) is 0 Å². The molecule has 0 spiro atoms. The summed E-state index contributed by atoms with van der Waals surface area (Å²) in [4.78, 5) is 0. The fraction of sp³-hybridized carbons (Fsp3) is 1.00. The summed E-state index contributed by atoms with van der Waals surface area (Å²) in [5.41, 5.74) is -2.06. The first-order chi connectivity index (χ1) is 6.44. The highest BCUT2D eigenvalue weighted by atomic mass is 19.3. The van der Waals surface area contributed by atoms with E-state index in [1.165, 1.54) is 0 Å². The predicted octanol–water partition coefficient (Wildman–Crippen LogP) is -1.16. The summed E-state index contributed by atoms with van der Waals surface area (Å²) in [7, 11) is 0. The van der Waals surface area contributed by atoms with E-state index in [0.29, 0.717) is 0 Å². The van der Waals surface area contributed by atoms with Crippen molar-refractivity contribution in [3.05, 3.63) is 0 Å². The normalized spacial score (nSPS) is 50.8. The van der Waals surface area contributed by atoms with E-state index in [4.69, 9.17) is 5.11 Å². The Bertz CT molecular complexity index is 251. The van der Waals surface area contributed by atoms with Gasteiger partial charge in [-0.25, -0.2) is 8.78 Å². The summed E-state index contributed by atoms with van der Waals surface area (Å²) >= 11 is 0. The van der Waals surface area contributed by atoms with Crippen molar-refractivity contribution in [2.75, 3.05) is 6.61 Å². The van der Waals surface area contributed by atoms with E-state index >= 15 is 0 Å². The summed E-state index contributed by atoms with van der Waals surface area (Å²) in [6.07, 6.45) is -3.16. The van der Waals surface area contributed by atoms with Crippen molar-refractivity contribution in [1.29, 1.82) is 0 Å². The number of aliphatic hydroxyl groups is 3. The highest BCUT2D eigenvalue weighted by Gasteiger charge is 2.67. The molecule has 2 bridgehead atoms. The SMILES string of the molecule is OCC12NC(CCC1(F)F)C(O)C2O. The quantitative estimate of drug-likeness (QED) is 0.439. The van der Waals surface area contributed by atoms with Gasteiger partial charge in [0, 0.05) is 12.5 Å². The average Bonchev–Trinajstić information content (AvgIpc) is 2.36. The first kappa shape index (κ1) is 10.2. The molecule has 2 aliphatic heterocycles. The topological polar surface area (TPSA) is 72.7 Å². The molecule has 2 heterocycles. The van der Waals surface area contributed by atoms with Gasteiger partial charge in [0.2, 0.25) is 0 Å². The third-order valence-electron chi connectivity index (χ3n) is 3.36. The van der Waals surface area contributed by atoms with Gasteiger partial charge in [-0.3, -0.25) is 5.32 Å². The van der Waals surface area contributed by atoms with E-state index in [-0.39, 0.29) is 6.42 Å². The molecule has 82 valence electrons. The van der Waals surface area contributed by atoms with Crippen LogP contribution in [0.2, 0.25) is 0 Å². The Morgan fingerprint density at radius 1 is 1.36 bits per heavy atom. The van der Waals surface area contributed by atoms with Crippen LogP contribution in [0.3, 0.4) is 0 Å². The van der Waals surface area contributed by atoms with Crippen LogP contribution >= 0.6 is 0 Å². The lowest BCUT2D eigenvalue weighted by Crippen LogP contribution is -2.66. The molecule has 0 aromatic rings. The maximum absolute atomic E-state index is 13.5. The van der Waals surface area contributed by atoms with Gasteiger partial charge in [0.25, 0.3) is 5.92 Å². The predicted molar refractivity (Wildman–Crippen MR) is 42.9 cm³/mol. The van der Waals surface area contributed by atoms with Crippen LogP contribution in [0.1, 0.15) is 12.8 Å². The third kappa shape index (κ3) is 0.995. The number of hydrogen-bond donors (Lipinski definition) is 4. The number of nitrogens with one attached hydrogen (secondary N) is 1. The zero-order chi connectivity index (χ0) is 10.6. The Hall–Kier alpha value is -0.300. The summed E-state index contributed by atoms with van der Waals surface area (Å²) in [5.74, 6) is -3.19. The molecule has 0 aliphatic carbocycles. The van der Waals surface area contributed by atoms with Crippen LogP contribution in [0.5, 0.6) is 0 Å². The van der Waals surface area contributed by atoms with Crippen LogP contribution < -0.4 is 5.32 Å². The largest absolute Gasteiger partial charge is 0.394 e. The second kappa shape index (κ2) is 2.85. The Balaban J connectivity index is 2.39. The van der Waals surface area contributed by atoms with E-state index in [2.05, 4.69) is 5.32 Å². The van der Waals surface area contributed by atoms with Crippen molar-refractivity contribution in [2.24, 2.45) is 0 Å². The molecule has 0 aromatic heterocycles. The maximum atomic E-state index is 13.5. The number of hydrogen-bond acceptors (Lipinski definition) is 4. The fourth-order valence-electron chi connectivity index (χ4n) is 2.39. The molecule has 0 amide bonds. The van der Waals surface area contributed by atoms with Gasteiger partial charge in [-0.1, -0.05) is 0 Å². The number of alkyl halides is 2. The highest BCUT2D eigenvalue weighted by molar-refractivity contribution is 5.19. The smallest absolute Gasteiger partial charge is 0.270 e. The lowest BCUT2D eigenvalue weighted by molar-refractivity contribution is -0.157. The molecular weight excluding hydrogens is 196 g/mol. The molecule has 0 saturated carbocycles. The first-order valence-corrected chi connectivity index (χ1v) is 4.57. The molecule has 4 unspecified atom stereocenters. The monoisotopic (exact) mass is 209 g/mol. The van der Waals surface area contributed by atoms with Crippen molar-refractivity contribution in [1.82, 2.24) is 5.32 Å². The molecule has 2 rings (SSSR count). The summed E-state index contributed by atoms with van der Waals surface area (Å²) in [6.45, 7) is -0.880. The van der Waals surface area contributed by atoms with Gasteiger partial charge in [-0.2, -0.15) is 0 Å². The van der Waals surface area contributed by atoms with Crippen LogP contribution in [-0.2, 0) is 0 Å². The van der Waals surface area contributed by atoms with E-state index in [9.17, 15) is 19.0 Å². The van der Waals surface area contributed by atoms with Crippen LogP contribution in [-0.4, -0.2) is 51.6 Å². The number of piperidine rings is 1. The molecule has 6 heteroatoms. The van der Waals surface area contributed by atoms with Crippen LogP contribution in [0.25, 0.3) is 0 Å². The number of rotatable bonds is 1. The third-order valence-corrected chi connectivity index (χ3v) is 3.36.